The number of pyridine rings is 1. The second-order valence-electron chi connectivity index (χ2n) is 15.5. The summed E-state index contributed by atoms with van der Waals surface area (Å²) in [7, 11) is 3.31. The number of aromatic nitrogens is 1. The fourth-order valence-corrected chi connectivity index (χ4v) is 7.91. The SMILES string of the molecule is CCN(CC)CCCC(C)Nc1c2ccc(Cl)cc2nc2ccc(OC)cc12.C[C@H](NC(=O)[C@@H](O)c1cc(F)cc(F)c1)C(=O)N[C@@H]1C(=O)N(C)c2ccccc2-c2ccccc21. The van der Waals surface area contributed by atoms with Crippen LogP contribution in [0, 0.1) is 11.6 Å². The van der Waals surface area contributed by atoms with Crippen LogP contribution in [0.1, 0.15) is 63.8 Å². The number of amides is 3. The van der Waals surface area contributed by atoms with Gasteiger partial charge >= 0.3 is 0 Å². The third kappa shape index (κ3) is 10.9. The van der Waals surface area contributed by atoms with Crippen molar-refractivity contribution in [3.05, 3.63) is 131 Å². The van der Waals surface area contributed by atoms with Crippen LogP contribution in [-0.2, 0) is 14.4 Å². The molecule has 1 aliphatic rings. The van der Waals surface area contributed by atoms with E-state index in [1.807, 2.05) is 60.7 Å². The molecule has 1 unspecified atom stereocenters. The first-order chi connectivity index (χ1) is 30.2. The van der Waals surface area contributed by atoms with Gasteiger partial charge in [0.05, 0.1) is 29.5 Å². The number of benzene rings is 5. The second kappa shape index (κ2) is 20.8. The number of nitrogens with one attached hydrogen (secondary N) is 3. The number of carbonyl (C=O) groups excluding carboxylic acids is 3. The van der Waals surface area contributed by atoms with Crippen LogP contribution in [-0.4, -0.2) is 78.6 Å². The van der Waals surface area contributed by atoms with Gasteiger partial charge in [0.2, 0.25) is 5.91 Å². The van der Waals surface area contributed by atoms with Crippen molar-refractivity contribution in [3.63, 3.8) is 0 Å². The first-order valence-corrected chi connectivity index (χ1v) is 21.4. The van der Waals surface area contributed by atoms with E-state index in [2.05, 4.69) is 53.8 Å². The van der Waals surface area contributed by atoms with Crippen LogP contribution in [0.4, 0.5) is 20.2 Å². The van der Waals surface area contributed by atoms with Gasteiger partial charge in [-0.2, -0.15) is 0 Å². The number of anilines is 2. The molecule has 0 saturated carbocycles. The summed E-state index contributed by atoms with van der Waals surface area (Å²) in [4.78, 5) is 47.5. The Morgan fingerprint density at radius 2 is 1.56 bits per heavy atom. The number of nitrogens with zero attached hydrogens (tertiary/aromatic N) is 3. The second-order valence-corrected chi connectivity index (χ2v) is 16.0. The van der Waals surface area contributed by atoms with Gasteiger partial charge in [0.25, 0.3) is 11.8 Å². The molecule has 330 valence electrons. The highest BCUT2D eigenvalue weighted by molar-refractivity contribution is 6.31. The molecule has 14 heteroatoms. The molecule has 3 amide bonds. The lowest BCUT2D eigenvalue weighted by Gasteiger charge is -2.24. The van der Waals surface area contributed by atoms with Crippen molar-refractivity contribution in [1.82, 2.24) is 20.5 Å². The molecule has 1 aromatic heterocycles. The fraction of sp³-hybridized carbons (Fsp3) is 0.306. The number of hydrogen-bond donors (Lipinski definition) is 4. The quantitative estimate of drug-likeness (QED) is 0.0797. The molecular weight excluding hydrogens is 826 g/mol. The normalized spacial score (nSPS) is 14.7. The molecule has 0 radical (unpaired) electrons. The number of methoxy groups -OCH3 is 1. The number of ether oxygens (including phenoxy) is 1. The predicted octanol–water partition coefficient (Wildman–Crippen LogP) is 8.98. The Hall–Kier alpha value is -6.15. The van der Waals surface area contributed by atoms with Crippen LogP contribution in [0.5, 0.6) is 5.75 Å². The number of likely N-dealkylation sites (N-methyl/N-ethyl adjacent to an activating group) is 1. The maximum Gasteiger partial charge on any atom is 0.254 e. The minimum Gasteiger partial charge on any atom is -0.497 e. The molecule has 5 aromatic carbocycles. The first kappa shape index (κ1) is 46.4. The highest BCUT2D eigenvalue weighted by Crippen LogP contribution is 2.40. The summed E-state index contributed by atoms with van der Waals surface area (Å²) in [5.41, 5.74) is 5.56. The number of aliphatic hydroxyl groups excluding tert-OH is 1. The van der Waals surface area contributed by atoms with Crippen molar-refractivity contribution in [3.8, 4) is 16.9 Å². The molecule has 0 fully saturated rings. The molecular formula is C49H53ClF2N6O5. The van der Waals surface area contributed by atoms with Crippen molar-refractivity contribution in [2.75, 3.05) is 44.0 Å². The number of aliphatic hydroxyl groups is 1. The standard InChI is InChI=1S/C26H23F2N3O4.C23H30ClN3O/c1-14(29-25(34)23(32)15-11-16(27)13-17(28)12-15)24(33)30-22-20-9-4-3-7-18(20)19-8-5-6-10-21(19)31(2)26(22)35;1-5-27(6-2)13-7-8-16(3)25-23-19-11-9-17(24)14-22(19)26-21-12-10-18(28-4)15-20(21)23/h3-14,22-23,32H,1-2H3,(H,29,34)(H,30,33);9-12,14-16H,5-8,13H2,1-4H3,(H,25,26)/t14-,22-,23-;/m0./s1. The molecule has 4 N–H and O–H groups in total. The zero-order valence-corrected chi connectivity index (χ0v) is 37.0. The number of carbonyl (C=O) groups is 3. The van der Waals surface area contributed by atoms with E-state index in [4.69, 9.17) is 21.3 Å². The van der Waals surface area contributed by atoms with Crippen molar-refractivity contribution in [2.45, 2.75) is 64.8 Å². The summed E-state index contributed by atoms with van der Waals surface area (Å²) in [5, 5.41) is 21.8. The molecule has 6 aromatic rings. The van der Waals surface area contributed by atoms with E-state index in [-0.39, 0.29) is 11.5 Å². The summed E-state index contributed by atoms with van der Waals surface area (Å²) in [6, 6.07) is 26.9. The smallest absolute Gasteiger partial charge is 0.254 e. The molecule has 2 heterocycles. The first-order valence-electron chi connectivity index (χ1n) is 21.0. The van der Waals surface area contributed by atoms with Crippen LogP contribution in [0.2, 0.25) is 5.02 Å². The van der Waals surface area contributed by atoms with Gasteiger partial charge in [-0.25, -0.2) is 13.8 Å². The number of fused-ring (bicyclic) bond motifs is 5. The topological polar surface area (TPSA) is 136 Å². The van der Waals surface area contributed by atoms with Crippen molar-refractivity contribution in [2.24, 2.45) is 0 Å². The minimum atomic E-state index is -1.89. The summed E-state index contributed by atoms with van der Waals surface area (Å²) < 4.78 is 32.3. The monoisotopic (exact) mass is 878 g/mol. The Labute approximate surface area is 371 Å². The average Bonchev–Trinajstić information content (AvgIpc) is 3.36. The Kier molecular flexibility index (Phi) is 15.3. The lowest BCUT2D eigenvalue weighted by molar-refractivity contribution is -0.134. The van der Waals surface area contributed by atoms with Gasteiger partial charge < -0.3 is 35.6 Å². The van der Waals surface area contributed by atoms with Gasteiger partial charge in [-0.05, 0) is 118 Å². The zero-order valence-electron chi connectivity index (χ0n) is 36.2. The third-order valence-electron chi connectivity index (χ3n) is 11.2. The third-order valence-corrected chi connectivity index (χ3v) is 11.5. The van der Waals surface area contributed by atoms with Crippen LogP contribution in [0.25, 0.3) is 32.9 Å². The van der Waals surface area contributed by atoms with Crippen LogP contribution in [0.15, 0.2) is 103 Å². The van der Waals surface area contributed by atoms with Crippen molar-refractivity contribution in [1.29, 1.82) is 0 Å². The maximum absolute atomic E-state index is 13.4. The number of hydrogen-bond acceptors (Lipinski definition) is 8. The molecule has 0 bridgehead atoms. The molecule has 63 heavy (non-hydrogen) atoms. The molecule has 11 nitrogen and oxygen atoms in total. The largest absolute Gasteiger partial charge is 0.497 e. The van der Waals surface area contributed by atoms with Gasteiger partial charge in [-0.3, -0.25) is 14.4 Å². The van der Waals surface area contributed by atoms with Gasteiger partial charge in [0, 0.05) is 40.5 Å². The Morgan fingerprint density at radius 1 is 0.873 bits per heavy atom. The Balaban J connectivity index is 0.000000215. The van der Waals surface area contributed by atoms with E-state index in [9.17, 15) is 28.3 Å². The van der Waals surface area contributed by atoms with E-state index in [0.29, 0.717) is 28.4 Å². The summed E-state index contributed by atoms with van der Waals surface area (Å²) >= 11 is 6.22. The lowest BCUT2D eigenvalue weighted by Crippen LogP contribution is -2.49. The maximum atomic E-state index is 13.4. The molecule has 7 rings (SSSR count). The van der Waals surface area contributed by atoms with Crippen molar-refractivity contribution >= 4 is 62.5 Å². The van der Waals surface area contributed by atoms with Crippen LogP contribution < -0.4 is 25.6 Å². The van der Waals surface area contributed by atoms with Gasteiger partial charge in [-0.1, -0.05) is 67.9 Å². The van der Waals surface area contributed by atoms with Gasteiger partial charge in [0.15, 0.2) is 6.10 Å². The zero-order chi connectivity index (χ0) is 45.4. The number of para-hydroxylation sites is 1. The van der Waals surface area contributed by atoms with Crippen LogP contribution in [0.3, 0.4) is 0 Å². The average molecular weight is 879 g/mol. The highest BCUT2D eigenvalue weighted by atomic mass is 35.5. The molecule has 4 atom stereocenters. The van der Waals surface area contributed by atoms with Gasteiger partial charge in [-0.15, -0.1) is 0 Å². The Bertz CT molecular complexity index is 2590. The predicted molar refractivity (Wildman–Crippen MR) is 246 cm³/mol. The molecule has 0 saturated heterocycles. The molecule has 1 aliphatic heterocycles. The van der Waals surface area contributed by atoms with Gasteiger partial charge in [0.1, 0.15) is 29.5 Å². The highest BCUT2D eigenvalue weighted by Gasteiger charge is 2.34. The van der Waals surface area contributed by atoms with E-state index in [0.717, 1.165) is 82.6 Å². The van der Waals surface area contributed by atoms with E-state index in [1.165, 1.54) is 18.2 Å². The summed E-state index contributed by atoms with van der Waals surface area (Å²) in [5.74, 6) is -3.13. The Morgan fingerprint density at radius 3 is 2.25 bits per heavy atom. The van der Waals surface area contributed by atoms with Crippen molar-refractivity contribution < 1.29 is 33.0 Å². The lowest BCUT2D eigenvalue weighted by atomic mass is 9.95. The molecule has 0 spiro atoms. The van der Waals surface area contributed by atoms with E-state index < -0.39 is 41.6 Å². The minimum absolute atomic E-state index is 0.292. The summed E-state index contributed by atoms with van der Waals surface area (Å²) in [6.45, 7) is 11.4. The van der Waals surface area contributed by atoms with Crippen LogP contribution >= 0.6 is 11.6 Å². The fourth-order valence-electron chi connectivity index (χ4n) is 7.74. The molecule has 0 aliphatic carbocycles. The number of halogens is 3. The summed E-state index contributed by atoms with van der Waals surface area (Å²) in [6.07, 6.45) is 0.391. The van der Waals surface area contributed by atoms with E-state index >= 15 is 0 Å². The van der Waals surface area contributed by atoms with E-state index in [1.54, 1.807) is 26.3 Å². The number of rotatable bonds is 14.